The molecule has 0 aliphatic carbocycles. The van der Waals surface area contributed by atoms with Gasteiger partial charge in [-0.3, -0.25) is 9.78 Å². The quantitative estimate of drug-likeness (QED) is 0.699. The van der Waals surface area contributed by atoms with Crippen molar-refractivity contribution in [2.45, 2.75) is 13.8 Å². The van der Waals surface area contributed by atoms with Gasteiger partial charge in [0.05, 0.1) is 17.0 Å². The normalized spacial score (nSPS) is 9.43. The molecule has 0 radical (unpaired) electrons. The number of aryl methyl sites for hydroxylation is 2. The van der Waals surface area contributed by atoms with E-state index >= 15 is 0 Å². The number of anilines is 1. The zero-order valence-electron chi connectivity index (χ0n) is 11.4. The highest BCUT2D eigenvalue weighted by Crippen LogP contribution is 2.21. The van der Waals surface area contributed by atoms with E-state index in [0.717, 1.165) is 0 Å². The first-order valence-corrected chi connectivity index (χ1v) is 5.78. The van der Waals surface area contributed by atoms with Crippen LogP contribution >= 0.6 is 0 Å². The standard InChI is InChI=1S/C12H12N4O2.CH2O2/c1-6-3-9(8-4-14-12(13)15-5-8)16-7(2)10(6)11(17)18;2-1-3/h3-5H,1-2H3,(H,17,18)(H2,13,14,15);1H,(H,2,3). The summed E-state index contributed by atoms with van der Waals surface area (Å²) in [6, 6.07) is 1.70. The molecule has 8 nitrogen and oxygen atoms in total. The Hall–Kier alpha value is -3.03. The van der Waals surface area contributed by atoms with Crippen molar-refractivity contribution in [3.63, 3.8) is 0 Å². The summed E-state index contributed by atoms with van der Waals surface area (Å²) in [6.07, 6.45) is 3.12. The lowest BCUT2D eigenvalue weighted by Gasteiger charge is -2.08. The summed E-state index contributed by atoms with van der Waals surface area (Å²) in [6.45, 7) is 3.15. The van der Waals surface area contributed by atoms with E-state index in [1.54, 1.807) is 32.3 Å². The molecule has 0 aliphatic heterocycles. The van der Waals surface area contributed by atoms with Crippen molar-refractivity contribution in [1.82, 2.24) is 15.0 Å². The van der Waals surface area contributed by atoms with Gasteiger partial charge in [-0.2, -0.15) is 0 Å². The monoisotopic (exact) mass is 290 g/mol. The molecule has 0 unspecified atom stereocenters. The van der Waals surface area contributed by atoms with Crippen LogP contribution in [0.15, 0.2) is 18.5 Å². The van der Waals surface area contributed by atoms with Gasteiger partial charge in [0.15, 0.2) is 0 Å². The van der Waals surface area contributed by atoms with Gasteiger partial charge in [0.2, 0.25) is 5.95 Å². The number of carbonyl (C=O) groups is 2. The highest BCUT2D eigenvalue weighted by molar-refractivity contribution is 5.91. The van der Waals surface area contributed by atoms with Crippen molar-refractivity contribution in [2.75, 3.05) is 5.73 Å². The van der Waals surface area contributed by atoms with Crippen molar-refractivity contribution in [1.29, 1.82) is 0 Å². The maximum Gasteiger partial charge on any atom is 0.337 e. The van der Waals surface area contributed by atoms with E-state index in [0.29, 0.717) is 22.5 Å². The maximum atomic E-state index is 11.1. The molecule has 2 aromatic heterocycles. The Labute approximate surface area is 120 Å². The molecule has 110 valence electrons. The maximum absolute atomic E-state index is 11.1. The number of nitrogens with zero attached hydrogens (tertiary/aromatic N) is 3. The average molecular weight is 290 g/mol. The van der Waals surface area contributed by atoms with Gasteiger partial charge in [0, 0.05) is 18.0 Å². The third-order valence-electron chi connectivity index (χ3n) is 2.58. The second-order valence-corrected chi connectivity index (χ2v) is 4.03. The van der Waals surface area contributed by atoms with E-state index in [2.05, 4.69) is 15.0 Å². The third-order valence-corrected chi connectivity index (χ3v) is 2.58. The summed E-state index contributed by atoms with van der Waals surface area (Å²) < 4.78 is 0. The summed E-state index contributed by atoms with van der Waals surface area (Å²) in [5.74, 6) is -0.785. The minimum absolute atomic E-state index is 0.189. The van der Waals surface area contributed by atoms with Crippen molar-refractivity contribution in [2.24, 2.45) is 0 Å². The third kappa shape index (κ3) is 3.96. The van der Waals surface area contributed by atoms with Crippen LogP contribution in [0, 0.1) is 13.8 Å². The summed E-state index contributed by atoms with van der Waals surface area (Å²) in [4.78, 5) is 31.4. The highest BCUT2D eigenvalue weighted by Gasteiger charge is 2.14. The van der Waals surface area contributed by atoms with E-state index < -0.39 is 5.97 Å². The Morgan fingerprint density at radius 3 is 2.24 bits per heavy atom. The number of pyridine rings is 1. The molecule has 0 fully saturated rings. The summed E-state index contributed by atoms with van der Waals surface area (Å²) >= 11 is 0. The molecule has 2 rings (SSSR count). The summed E-state index contributed by atoms with van der Waals surface area (Å²) in [7, 11) is 0. The predicted octanol–water partition coefficient (Wildman–Crippen LogP) is 1.14. The van der Waals surface area contributed by atoms with Gasteiger partial charge in [-0.05, 0) is 25.5 Å². The summed E-state index contributed by atoms with van der Waals surface area (Å²) in [5.41, 5.74) is 8.10. The van der Waals surface area contributed by atoms with Gasteiger partial charge in [-0.15, -0.1) is 0 Å². The molecule has 21 heavy (non-hydrogen) atoms. The fourth-order valence-corrected chi connectivity index (χ4v) is 1.77. The number of nitrogen functional groups attached to an aromatic ring is 1. The number of carboxylic acids is 1. The minimum Gasteiger partial charge on any atom is -0.483 e. The Morgan fingerprint density at radius 2 is 1.81 bits per heavy atom. The molecule has 2 heterocycles. The Bertz CT molecular complexity index is 633. The van der Waals surface area contributed by atoms with Gasteiger partial charge < -0.3 is 15.9 Å². The molecule has 0 aromatic carbocycles. The van der Waals surface area contributed by atoms with E-state index in [9.17, 15) is 4.79 Å². The molecule has 2 aromatic rings. The number of aromatic nitrogens is 3. The van der Waals surface area contributed by atoms with Crippen molar-refractivity contribution >= 4 is 18.4 Å². The number of aromatic carboxylic acids is 1. The fourth-order valence-electron chi connectivity index (χ4n) is 1.77. The Morgan fingerprint density at radius 1 is 1.29 bits per heavy atom. The van der Waals surface area contributed by atoms with Gasteiger partial charge in [0.1, 0.15) is 0 Å². The first-order valence-electron chi connectivity index (χ1n) is 5.78. The molecule has 8 heteroatoms. The van der Waals surface area contributed by atoms with Gasteiger partial charge in [-0.1, -0.05) is 0 Å². The Kier molecular flexibility index (Phi) is 5.30. The second-order valence-electron chi connectivity index (χ2n) is 4.03. The molecule has 0 atom stereocenters. The zero-order valence-corrected chi connectivity index (χ0v) is 11.4. The molecule has 0 saturated heterocycles. The lowest BCUT2D eigenvalue weighted by Crippen LogP contribution is -2.06. The van der Waals surface area contributed by atoms with E-state index in [1.165, 1.54) is 0 Å². The number of rotatable bonds is 2. The largest absolute Gasteiger partial charge is 0.483 e. The van der Waals surface area contributed by atoms with E-state index in [4.69, 9.17) is 20.7 Å². The number of nitrogens with two attached hydrogens (primary N) is 1. The van der Waals surface area contributed by atoms with Gasteiger partial charge in [-0.25, -0.2) is 14.8 Å². The van der Waals surface area contributed by atoms with Crippen LogP contribution in [0.5, 0.6) is 0 Å². The minimum atomic E-state index is -0.974. The van der Waals surface area contributed by atoms with Crippen LogP contribution in [0.1, 0.15) is 21.6 Å². The number of hydrogen-bond acceptors (Lipinski definition) is 6. The predicted molar refractivity (Wildman–Crippen MR) is 74.8 cm³/mol. The lowest BCUT2D eigenvalue weighted by atomic mass is 10.1. The highest BCUT2D eigenvalue weighted by atomic mass is 16.4. The van der Waals surface area contributed by atoms with Gasteiger partial charge >= 0.3 is 5.97 Å². The van der Waals surface area contributed by atoms with Crippen LogP contribution in [-0.4, -0.2) is 37.6 Å². The topological polar surface area (TPSA) is 139 Å². The smallest absolute Gasteiger partial charge is 0.337 e. The molecule has 0 saturated carbocycles. The van der Waals surface area contributed by atoms with Crippen LogP contribution in [-0.2, 0) is 4.79 Å². The molecular weight excluding hydrogens is 276 g/mol. The van der Waals surface area contributed by atoms with Crippen LogP contribution in [0.4, 0.5) is 5.95 Å². The molecule has 0 aliphatic rings. The molecule has 0 bridgehead atoms. The summed E-state index contributed by atoms with van der Waals surface area (Å²) in [5, 5.41) is 16.0. The van der Waals surface area contributed by atoms with Crippen LogP contribution in [0.25, 0.3) is 11.3 Å². The first-order chi connectivity index (χ1) is 9.90. The zero-order chi connectivity index (χ0) is 16.0. The van der Waals surface area contributed by atoms with Crippen molar-refractivity contribution in [3.05, 3.63) is 35.3 Å². The Balaban J connectivity index is 0.000000677. The van der Waals surface area contributed by atoms with Crippen molar-refractivity contribution in [3.8, 4) is 11.3 Å². The number of carboxylic acid groups (broad SMARTS) is 2. The average Bonchev–Trinajstić information content (AvgIpc) is 2.39. The molecular formula is C13H14N4O4. The van der Waals surface area contributed by atoms with Gasteiger partial charge in [0.25, 0.3) is 6.47 Å². The van der Waals surface area contributed by atoms with Crippen LogP contribution in [0.3, 0.4) is 0 Å². The van der Waals surface area contributed by atoms with E-state index in [1.807, 2.05) is 0 Å². The van der Waals surface area contributed by atoms with Crippen LogP contribution in [0.2, 0.25) is 0 Å². The molecule has 0 spiro atoms. The van der Waals surface area contributed by atoms with Crippen LogP contribution < -0.4 is 5.73 Å². The fraction of sp³-hybridized carbons (Fsp3) is 0.154. The number of hydrogen-bond donors (Lipinski definition) is 3. The molecule has 0 amide bonds. The second kappa shape index (κ2) is 6.94. The van der Waals surface area contributed by atoms with E-state index in [-0.39, 0.29) is 18.0 Å². The van der Waals surface area contributed by atoms with Crippen molar-refractivity contribution < 1.29 is 19.8 Å². The molecule has 4 N–H and O–H groups in total. The lowest BCUT2D eigenvalue weighted by molar-refractivity contribution is -0.122. The first kappa shape index (κ1) is 16.0. The SMILES string of the molecule is Cc1cc(-c2cnc(N)nc2)nc(C)c1C(=O)O.O=CO.